The van der Waals surface area contributed by atoms with Gasteiger partial charge in [0.05, 0.1) is 11.0 Å². The summed E-state index contributed by atoms with van der Waals surface area (Å²) >= 11 is 0. The molecule has 0 saturated carbocycles. The summed E-state index contributed by atoms with van der Waals surface area (Å²) in [6, 6.07) is 16.5. The van der Waals surface area contributed by atoms with Gasteiger partial charge in [-0.2, -0.15) is 0 Å². The van der Waals surface area contributed by atoms with Crippen LogP contribution in [0, 0.1) is 6.92 Å². The van der Waals surface area contributed by atoms with Gasteiger partial charge in [0.25, 0.3) is 0 Å². The minimum absolute atomic E-state index is 0.237. The Morgan fingerprint density at radius 3 is 2.52 bits per heavy atom. The van der Waals surface area contributed by atoms with Crippen molar-refractivity contribution in [2.45, 2.75) is 53.0 Å². The van der Waals surface area contributed by atoms with Crippen LogP contribution in [0.15, 0.2) is 54.7 Å². The van der Waals surface area contributed by atoms with E-state index in [-0.39, 0.29) is 5.97 Å². The number of nitrogens with zero attached hydrogens (tertiary/aromatic N) is 4. The molecule has 168 valence electrons. The number of rotatable bonds is 7. The number of aromatic nitrogens is 4. The number of hydrogen-bond donors (Lipinski definition) is 0. The standard InChI is InChI=1S/C27H28N4O2/c1-4-8-23-29-26-25(27-28-20-10-6-7-11-21(20)31(23)27)22(33-24(32)9-5-2)17-30(26)16-19-14-12-18(3)13-15-19/h6-7,10-15,17H,4-5,8-9,16H2,1-3H3. The first-order valence-corrected chi connectivity index (χ1v) is 11.6. The zero-order valence-corrected chi connectivity index (χ0v) is 19.3. The molecular weight excluding hydrogens is 412 g/mol. The molecule has 0 aliphatic heterocycles. The topological polar surface area (TPSA) is 61.4 Å². The van der Waals surface area contributed by atoms with Crippen molar-refractivity contribution in [2.24, 2.45) is 0 Å². The molecule has 0 radical (unpaired) electrons. The van der Waals surface area contributed by atoms with Crippen LogP contribution < -0.4 is 4.74 Å². The molecule has 6 nitrogen and oxygen atoms in total. The number of ether oxygens (including phenoxy) is 1. The number of esters is 1. The average Bonchev–Trinajstić information content (AvgIpc) is 3.34. The second kappa shape index (κ2) is 8.70. The lowest BCUT2D eigenvalue weighted by molar-refractivity contribution is -0.134. The lowest BCUT2D eigenvalue weighted by Crippen LogP contribution is -2.07. The van der Waals surface area contributed by atoms with Gasteiger partial charge in [0.15, 0.2) is 11.4 Å². The maximum atomic E-state index is 12.5. The van der Waals surface area contributed by atoms with Crippen LogP contribution in [-0.2, 0) is 17.8 Å². The van der Waals surface area contributed by atoms with Gasteiger partial charge in [-0.05, 0) is 37.5 Å². The Labute approximate surface area is 192 Å². The highest BCUT2D eigenvalue weighted by molar-refractivity contribution is 6.01. The first-order valence-electron chi connectivity index (χ1n) is 11.6. The molecule has 0 saturated heterocycles. The molecule has 33 heavy (non-hydrogen) atoms. The van der Waals surface area contributed by atoms with Crippen LogP contribution >= 0.6 is 0 Å². The maximum Gasteiger partial charge on any atom is 0.311 e. The van der Waals surface area contributed by atoms with E-state index in [2.05, 4.69) is 53.1 Å². The number of carbonyl (C=O) groups excluding carboxylic acids is 1. The minimum atomic E-state index is -0.237. The summed E-state index contributed by atoms with van der Waals surface area (Å²) in [6.45, 7) is 6.84. The number of hydrogen-bond acceptors (Lipinski definition) is 4. The largest absolute Gasteiger partial charge is 0.424 e. The van der Waals surface area contributed by atoms with E-state index in [0.717, 1.165) is 58.4 Å². The van der Waals surface area contributed by atoms with Crippen molar-refractivity contribution in [3.05, 3.63) is 71.7 Å². The Morgan fingerprint density at radius 1 is 0.970 bits per heavy atom. The van der Waals surface area contributed by atoms with Gasteiger partial charge < -0.3 is 9.30 Å². The van der Waals surface area contributed by atoms with Crippen LogP contribution in [0.5, 0.6) is 5.75 Å². The van der Waals surface area contributed by atoms with E-state index >= 15 is 0 Å². The molecule has 5 rings (SSSR count). The van der Waals surface area contributed by atoms with E-state index in [9.17, 15) is 4.79 Å². The number of benzene rings is 2. The van der Waals surface area contributed by atoms with E-state index < -0.39 is 0 Å². The molecule has 3 aromatic heterocycles. The molecular formula is C27H28N4O2. The van der Waals surface area contributed by atoms with Gasteiger partial charge in [0, 0.05) is 25.6 Å². The minimum Gasteiger partial charge on any atom is -0.424 e. The Kier molecular flexibility index (Phi) is 5.58. The summed E-state index contributed by atoms with van der Waals surface area (Å²) in [5.74, 6) is 1.24. The molecule has 0 unspecified atom stereocenters. The quantitative estimate of drug-likeness (QED) is 0.298. The molecule has 0 N–H and O–H groups in total. The fraction of sp³-hybridized carbons (Fsp3) is 0.296. The highest BCUT2D eigenvalue weighted by atomic mass is 16.5. The lowest BCUT2D eigenvalue weighted by atomic mass is 10.1. The van der Waals surface area contributed by atoms with Gasteiger partial charge in [-0.3, -0.25) is 9.20 Å². The normalized spacial score (nSPS) is 11.6. The second-order valence-electron chi connectivity index (χ2n) is 8.57. The van der Waals surface area contributed by atoms with Crippen molar-refractivity contribution in [3.63, 3.8) is 0 Å². The summed E-state index contributed by atoms with van der Waals surface area (Å²) in [4.78, 5) is 22.5. The monoisotopic (exact) mass is 440 g/mol. The van der Waals surface area contributed by atoms with E-state index in [1.54, 1.807) is 0 Å². The number of fused-ring (bicyclic) bond motifs is 5. The fourth-order valence-corrected chi connectivity index (χ4v) is 4.34. The van der Waals surface area contributed by atoms with Crippen LogP contribution in [0.25, 0.3) is 27.7 Å². The molecule has 5 aromatic rings. The van der Waals surface area contributed by atoms with Crippen LogP contribution in [0.4, 0.5) is 0 Å². The maximum absolute atomic E-state index is 12.5. The highest BCUT2D eigenvalue weighted by Crippen LogP contribution is 2.34. The van der Waals surface area contributed by atoms with E-state index in [1.165, 1.54) is 5.56 Å². The molecule has 3 heterocycles. The van der Waals surface area contributed by atoms with E-state index in [4.69, 9.17) is 14.7 Å². The number of aryl methyl sites for hydroxylation is 2. The summed E-state index contributed by atoms with van der Waals surface area (Å²) in [5, 5.41) is 0.780. The average molecular weight is 441 g/mol. The van der Waals surface area contributed by atoms with Crippen LogP contribution in [-0.4, -0.2) is 24.9 Å². The molecule has 0 spiro atoms. The Morgan fingerprint density at radius 2 is 1.76 bits per heavy atom. The highest BCUT2D eigenvalue weighted by Gasteiger charge is 2.22. The second-order valence-corrected chi connectivity index (χ2v) is 8.57. The summed E-state index contributed by atoms with van der Waals surface area (Å²) < 4.78 is 10.1. The third-order valence-corrected chi connectivity index (χ3v) is 5.92. The third-order valence-electron chi connectivity index (χ3n) is 5.92. The first-order chi connectivity index (χ1) is 16.1. The molecule has 0 aliphatic carbocycles. The molecule has 0 atom stereocenters. The number of para-hydroxylation sites is 2. The van der Waals surface area contributed by atoms with Crippen molar-refractivity contribution in [2.75, 3.05) is 0 Å². The third kappa shape index (κ3) is 3.86. The van der Waals surface area contributed by atoms with Gasteiger partial charge in [-0.15, -0.1) is 0 Å². The molecule has 0 fully saturated rings. The van der Waals surface area contributed by atoms with Gasteiger partial charge in [-0.25, -0.2) is 9.97 Å². The van der Waals surface area contributed by atoms with Crippen LogP contribution in [0.1, 0.15) is 50.1 Å². The molecule has 0 bridgehead atoms. The fourth-order valence-electron chi connectivity index (χ4n) is 4.34. The predicted octanol–water partition coefficient (Wildman–Crippen LogP) is 5.85. The zero-order valence-electron chi connectivity index (χ0n) is 19.3. The molecule has 6 heteroatoms. The summed E-state index contributed by atoms with van der Waals surface area (Å²) in [7, 11) is 0. The van der Waals surface area contributed by atoms with Crippen molar-refractivity contribution in [1.82, 2.24) is 18.9 Å². The van der Waals surface area contributed by atoms with Crippen molar-refractivity contribution < 1.29 is 9.53 Å². The van der Waals surface area contributed by atoms with Crippen molar-refractivity contribution >= 4 is 33.7 Å². The molecule has 0 amide bonds. The molecule has 2 aromatic carbocycles. The number of imidazole rings is 1. The van der Waals surface area contributed by atoms with Crippen molar-refractivity contribution in [3.8, 4) is 5.75 Å². The van der Waals surface area contributed by atoms with Gasteiger partial charge >= 0.3 is 5.97 Å². The lowest BCUT2D eigenvalue weighted by Gasteiger charge is -2.09. The Balaban J connectivity index is 1.78. The van der Waals surface area contributed by atoms with Crippen LogP contribution in [0.3, 0.4) is 0 Å². The predicted molar refractivity (Wildman–Crippen MR) is 131 cm³/mol. The van der Waals surface area contributed by atoms with E-state index in [0.29, 0.717) is 18.7 Å². The van der Waals surface area contributed by atoms with Crippen LogP contribution in [0.2, 0.25) is 0 Å². The van der Waals surface area contributed by atoms with Crippen molar-refractivity contribution in [1.29, 1.82) is 0 Å². The SMILES string of the molecule is CCCC(=O)Oc1cn(Cc2ccc(C)cc2)c2nc(CCC)n3c4ccccc4nc3c12. The summed E-state index contributed by atoms with van der Waals surface area (Å²) in [6.07, 6.45) is 4.81. The van der Waals surface area contributed by atoms with Gasteiger partial charge in [0.2, 0.25) is 0 Å². The summed E-state index contributed by atoms with van der Waals surface area (Å²) in [5.41, 5.74) is 5.88. The first kappa shape index (κ1) is 21.2. The smallest absolute Gasteiger partial charge is 0.311 e. The molecule has 0 aliphatic rings. The Hall–Kier alpha value is -3.67. The van der Waals surface area contributed by atoms with Gasteiger partial charge in [0.1, 0.15) is 16.9 Å². The number of carbonyl (C=O) groups is 1. The van der Waals surface area contributed by atoms with E-state index in [1.807, 2.05) is 31.3 Å². The van der Waals surface area contributed by atoms with Gasteiger partial charge in [-0.1, -0.05) is 55.8 Å². The Bertz CT molecular complexity index is 1460. The zero-order chi connectivity index (χ0) is 22.9.